The molecule has 0 aliphatic heterocycles. The van der Waals surface area contributed by atoms with Crippen LogP contribution in [0, 0.1) is 0 Å². The number of benzene rings is 1. The molecule has 0 spiro atoms. The number of halogens is 1. The van der Waals surface area contributed by atoms with Gasteiger partial charge in [-0.15, -0.1) is 0 Å². The number of hydrogen-bond donors (Lipinski definition) is 1. The van der Waals surface area contributed by atoms with Gasteiger partial charge in [0.2, 0.25) is 5.91 Å². The zero-order valence-electron chi connectivity index (χ0n) is 10.6. The topological polar surface area (TPSA) is 47.6 Å². The number of para-hydroxylation sites is 1. The van der Waals surface area contributed by atoms with E-state index in [1.54, 1.807) is 14.2 Å². The van der Waals surface area contributed by atoms with Crippen molar-refractivity contribution in [2.24, 2.45) is 0 Å². The van der Waals surface area contributed by atoms with Gasteiger partial charge in [0.15, 0.2) is 0 Å². The second-order valence-corrected chi connectivity index (χ2v) is 4.51. The van der Waals surface area contributed by atoms with E-state index in [0.29, 0.717) is 18.4 Å². The summed E-state index contributed by atoms with van der Waals surface area (Å²) in [6, 6.07) is 7.49. The molecule has 18 heavy (non-hydrogen) atoms. The Morgan fingerprint density at radius 2 is 2.11 bits per heavy atom. The summed E-state index contributed by atoms with van der Waals surface area (Å²) in [5.74, 6) is 0.691. The Morgan fingerprint density at radius 1 is 1.39 bits per heavy atom. The van der Waals surface area contributed by atoms with Gasteiger partial charge >= 0.3 is 0 Å². The van der Waals surface area contributed by atoms with Crippen LogP contribution >= 0.6 is 15.9 Å². The molecule has 1 rings (SSSR count). The Kier molecular flexibility index (Phi) is 6.75. The van der Waals surface area contributed by atoms with Crippen LogP contribution in [0.25, 0.3) is 0 Å². The smallest absolute Gasteiger partial charge is 0.224 e. The minimum Gasteiger partial charge on any atom is -0.496 e. The van der Waals surface area contributed by atoms with Gasteiger partial charge in [-0.2, -0.15) is 0 Å². The first kappa shape index (κ1) is 15.0. The highest BCUT2D eigenvalue weighted by atomic mass is 79.9. The molecule has 1 unspecified atom stereocenters. The summed E-state index contributed by atoms with van der Waals surface area (Å²) in [4.78, 5) is 11.9. The lowest BCUT2D eigenvalue weighted by atomic mass is 10.1. The minimum absolute atomic E-state index is 0.0165. The van der Waals surface area contributed by atoms with Crippen molar-refractivity contribution in [2.45, 2.75) is 12.5 Å². The molecule has 1 N–H and O–H groups in total. The number of methoxy groups -OCH3 is 2. The largest absolute Gasteiger partial charge is 0.496 e. The first-order valence-corrected chi connectivity index (χ1v) is 6.79. The molecule has 4 nitrogen and oxygen atoms in total. The Bertz CT molecular complexity index is 384. The Morgan fingerprint density at radius 3 is 2.72 bits per heavy atom. The first-order chi connectivity index (χ1) is 8.71. The average Bonchev–Trinajstić information content (AvgIpc) is 2.38. The predicted octanol–water partition coefficient (Wildman–Crippen LogP) is 1.76. The minimum atomic E-state index is -0.0407. The first-order valence-electron chi connectivity index (χ1n) is 5.67. The van der Waals surface area contributed by atoms with Crippen LogP contribution < -0.4 is 10.1 Å². The summed E-state index contributed by atoms with van der Waals surface area (Å²) in [6.45, 7) is 0.489. The summed E-state index contributed by atoms with van der Waals surface area (Å²) in [5, 5.41) is 3.57. The molecule has 0 heterocycles. The molecule has 0 aromatic heterocycles. The molecule has 1 aromatic rings. The predicted molar refractivity (Wildman–Crippen MR) is 74.3 cm³/mol. The molecule has 0 aliphatic carbocycles. The summed E-state index contributed by atoms with van der Waals surface area (Å²) >= 11 is 3.34. The van der Waals surface area contributed by atoms with Crippen LogP contribution in [0.4, 0.5) is 0 Å². The molecule has 0 aliphatic rings. The second-order valence-electron chi connectivity index (χ2n) is 3.86. The van der Waals surface area contributed by atoms with Crippen molar-refractivity contribution in [1.29, 1.82) is 0 Å². The van der Waals surface area contributed by atoms with Gasteiger partial charge in [0.25, 0.3) is 0 Å². The molecule has 0 saturated heterocycles. The third kappa shape index (κ3) is 4.66. The number of nitrogens with one attached hydrogen (secondary N) is 1. The maximum atomic E-state index is 11.9. The Labute approximate surface area is 116 Å². The normalized spacial score (nSPS) is 11.9. The highest BCUT2D eigenvalue weighted by Gasteiger charge is 2.13. The van der Waals surface area contributed by atoms with E-state index in [0.717, 1.165) is 11.3 Å². The molecule has 100 valence electrons. The number of ether oxygens (including phenoxy) is 2. The molecule has 5 heteroatoms. The van der Waals surface area contributed by atoms with E-state index in [2.05, 4.69) is 21.2 Å². The van der Waals surface area contributed by atoms with Crippen molar-refractivity contribution in [3.05, 3.63) is 29.8 Å². The number of rotatable bonds is 7. The van der Waals surface area contributed by atoms with Crippen molar-refractivity contribution in [3.63, 3.8) is 0 Å². The zero-order valence-corrected chi connectivity index (χ0v) is 12.2. The molecular weight excluding hydrogens is 298 g/mol. The lowest BCUT2D eigenvalue weighted by molar-refractivity contribution is -0.121. The Balaban J connectivity index is 2.58. The quantitative estimate of drug-likeness (QED) is 0.780. The van der Waals surface area contributed by atoms with Gasteiger partial charge in [-0.3, -0.25) is 4.79 Å². The van der Waals surface area contributed by atoms with Crippen LogP contribution in [0.2, 0.25) is 0 Å². The van der Waals surface area contributed by atoms with Gasteiger partial charge in [-0.1, -0.05) is 34.1 Å². The lowest BCUT2D eigenvalue weighted by Gasteiger charge is -2.15. The number of carbonyl (C=O) groups is 1. The maximum Gasteiger partial charge on any atom is 0.224 e. The van der Waals surface area contributed by atoms with E-state index >= 15 is 0 Å². The second kappa shape index (κ2) is 8.11. The van der Waals surface area contributed by atoms with Gasteiger partial charge in [0, 0.05) is 18.0 Å². The van der Waals surface area contributed by atoms with Crippen LogP contribution in [-0.4, -0.2) is 38.1 Å². The van der Waals surface area contributed by atoms with Crippen LogP contribution in [-0.2, 0) is 16.0 Å². The summed E-state index contributed by atoms with van der Waals surface area (Å²) in [6.07, 6.45) is 0.303. The highest BCUT2D eigenvalue weighted by molar-refractivity contribution is 9.09. The summed E-state index contributed by atoms with van der Waals surface area (Å²) in [5.41, 5.74) is 0.878. The van der Waals surface area contributed by atoms with Gasteiger partial charge in [0.1, 0.15) is 5.75 Å². The fourth-order valence-corrected chi connectivity index (χ4v) is 1.98. The van der Waals surface area contributed by atoms with Crippen molar-refractivity contribution in [2.75, 3.05) is 26.2 Å². The van der Waals surface area contributed by atoms with Crippen LogP contribution in [0.1, 0.15) is 5.56 Å². The number of amides is 1. The van der Waals surface area contributed by atoms with Crippen LogP contribution in [0.5, 0.6) is 5.75 Å². The summed E-state index contributed by atoms with van der Waals surface area (Å²) < 4.78 is 10.2. The van der Waals surface area contributed by atoms with E-state index in [9.17, 15) is 4.79 Å². The summed E-state index contributed by atoms with van der Waals surface area (Å²) in [7, 11) is 3.21. The van der Waals surface area contributed by atoms with E-state index in [4.69, 9.17) is 9.47 Å². The van der Waals surface area contributed by atoms with E-state index in [1.807, 2.05) is 24.3 Å². The van der Waals surface area contributed by atoms with E-state index in [-0.39, 0.29) is 11.9 Å². The molecule has 1 amide bonds. The fourth-order valence-electron chi connectivity index (χ4n) is 1.63. The molecule has 0 radical (unpaired) electrons. The Hall–Kier alpha value is -1.07. The van der Waals surface area contributed by atoms with E-state index < -0.39 is 0 Å². The molecule has 1 aromatic carbocycles. The van der Waals surface area contributed by atoms with Crippen molar-refractivity contribution < 1.29 is 14.3 Å². The number of hydrogen-bond acceptors (Lipinski definition) is 3. The van der Waals surface area contributed by atoms with Gasteiger partial charge in [-0.25, -0.2) is 0 Å². The van der Waals surface area contributed by atoms with Crippen LogP contribution in [0.15, 0.2) is 24.3 Å². The molecule has 0 fully saturated rings. The fraction of sp³-hybridized carbons (Fsp3) is 0.462. The zero-order chi connectivity index (χ0) is 13.4. The molecule has 1 atom stereocenters. The third-order valence-electron chi connectivity index (χ3n) is 2.46. The van der Waals surface area contributed by atoms with Crippen molar-refractivity contribution >= 4 is 21.8 Å². The van der Waals surface area contributed by atoms with E-state index in [1.165, 1.54) is 0 Å². The molecule has 0 saturated carbocycles. The average molecular weight is 316 g/mol. The van der Waals surface area contributed by atoms with Crippen LogP contribution in [0.3, 0.4) is 0 Å². The molecular formula is C13H18BrNO3. The lowest BCUT2D eigenvalue weighted by Crippen LogP contribution is -2.40. The monoisotopic (exact) mass is 315 g/mol. The number of carbonyl (C=O) groups excluding carboxylic acids is 1. The molecule has 0 bridgehead atoms. The van der Waals surface area contributed by atoms with Crippen molar-refractivity contribution in [1.82, 2.24) is 5.32 Å². The van der Waals surface area contributed by atoms with Gasteiger partial charge in [-0.05, 0) is 6.07 Å². The SMILES string of the molecule is COCC(CBr)NC(=O)Cc1ccccc1OC. The van der Waals surface area contributed by atoms with Gasteiger partial charge < -0.3 is 14.8 Å². The maximum absolute atomic E-state index is 11.9. The van der Waals surface area contributed by atoms with Crippen molar-refractivity contribution in [3.8, 4) is 5.75 Å². The third-order valence-corrected chi connectivity index (χ3v) is 3.24. The standard InChI is InChI=1S/C13H18BrNO3/c1-17-9-11(8-14)15-13(16)7-10-5-3-4-6-12(10)18-2/h3-6,11H,7-9H2,1-2H3,(H,15,16). The highest BCUT2D eigenvalue weighted by Crippen LogP contribution is 2.17. The van der Waals surface area contributed by atoms with Gasteiger partial charge in [0.05, 0.1) is 26.2 Å². The number of alkyl halides is 1.